The van der Waals surface area contributed by atoms with E-state index >= 15 is 0 Å². The quantitative estimate of drug-likeness (QED) is 0.701. The van der Waals surface area contributed by atoms with Gasteiger partial charge in [0, 0.05) is 5.33 Å². The van der Waals surface area contributed by atoms with E-state index in [4.69, 9.17) is 23.2 Å². The SMILES string of the molecule is Clc1ccc(CCBr)cc1Cl. The van der Waals surface area contributed by atoms with E-state index in [2.05, 4.69) is 15.9 Å². The molecule has 0 fully saturated rings. The van der Waals surface area contributed by atoms with Gasteiger partial charge in [0.1, 0.15) is 0 Å². The van der Waals surface area contributed by atoms with E-state index in [1.807, 2.05) is 18.2 Å². The molecule has 0 saturated carbocycles. The van der Waals surface area contributed by atoms with Gasteiger partial charge < -0.3 is 0 Å². The summed E-state index contributed by atoms with van der Waals surface area (Å²) in [5, 5.41) is 2.19. The second-order valence-electron chi connectivity index (χ2n) is 2.19. The number of hydrogen-bond acceptors (Lipinski definition) is 0. The lowest BCUT2D eigenvalue weighted by molar-refractivity contribution is 1.17. The Kier molecular flexibility index (Phi) is 3.70. The predicted octanol–water partition coefficient (Wildman–Crippen LogP) is 3.93. The zero-order valence-electron chi connectivity index (χ0n) is 5.78. The normalized spacial score (nSPS) is 10.1. The molecule has 0 amide bonds. The average Bonchev–Trinajstić information content (AvgIpc) is 1.98. The molecule has 0 aromatic heterocycles. The number of alkyl halides is 1. The van der Waals surface area contributed by atoms with Crippen LogP contribution < -0.4 is 0 Å². The van der Waals surface area contributed by atoms with Crippen molar-refractivity contribution in [3.63, 3.8) is 0 Å². The van der Waals surface area contributed by atoms with Gasteiger partial charge in [-0.3, -0.25) is 0 Å². The van der Waals surface area contributed by atoms with Crippen molar-refractivity contribution in [2.24, 2.45) is 0 Å². The number of halogens is 3. The highest BCUT2D eigenvalue weighted by Gasteiger charge is 1.97. The first kappa shape index (κ1) is 9.37. The summed E-state index contributed by atoms with van der Waals surface area (Å²) in [5.41, 5.74) is 1.20. The maximum absolute atomic E-state index is 5.80. The molecule has 1 aromatic rings. The van der Waals surface area contributed by atoms with Crippen LogP contribution in [0.25, 0.3) is 0 Å². The van der Waals surface area contributed by atoms with E-state index in [1.165, 1.54) is 5.56 Å². The number of hydrogen-bond donors (Lipinski definition) is 0. The van der Waals surface area contributed by atoms with E-state index in [0.29, 0.717) is 10.0 Å². The van der Waals surface area contributed by atoms with Crippen molar-refractivity contribution in [2.45, 2.75) is 6.42 Å². The van der Waals surface area contributed by atoms with Crippen LogP contribution >= 0.6 is 39.1 Å². The van der Waals surface area contributed by atoms with Gasteiger partial charge in [0.25, 0.3) is 0 Å². The molecule has 0 heterocycles. The molecule has 0 aliphatic carbocycles. The Morgan fingerprint density at radius 1 is 1.18 bits per heavy atom. The molecular weight excluding hydrogens is 247 g/mol. The average molecular weight is 254 g/mol. The third-order valence-corrected chi connectivity index (χ3v) is 2.50. The lowest BCUT2D eigenvalue weighted by Crippen LogP contribution is -1.84. The van der Waals surface area contributed by atoms with E-state index in [1.54, 1.807) is 0 Å². The van der Waals surface area contributed by atoms with Crippen molar-refractivity contribution in [3.05, 3.63) is 33.8 Å². The topological polar surface area (TPSA) is 0 Å². The van der Waals surface area contributed by atoms with Gasteiger partial charge in [0.2, 0.25) is 0 Å². The molecule has 0 aliphatic heterocycles. The molecule has 1 aromatic carbocycles. The van der Waals surface area contributed by atoms with Crippen molar-refractivity contribution >= 4 is 39.1 Å². The number of benzene rings is 1. The minimum Gasteiger partial charge on any atom is -0.0924 e. The van der Waals surface area contributed by atoms with Gasteiger partial charge in [-0.05, 0) is 24.1 Å². The van der Waals surface area contributed by atoms with Crippen molar-refractivity contribution in [2.75, 3.05) is 5.33 Å². The van der Waals surface area contributed by atoms with Crippen LogP contribution in [0.15, 0.2) is 18.2 Å². The van der Waals surface area contributed by atoms with Crippen LogP contribution in [0.1, 0.15) is 5.56 Å². The minimum atomic E-state index is 0.616. The van der Waals surface area contributed by atoms with E-state index in [9.17, 15) is 0 Å². The monoisotopic (exact) mass is 252 g/mol. The van der Waals surface area contributed by atoms with Crippen LogP contribution in [0.5, 0.6) is 0 Å². The highest BCUT2D eigenvalue weighted by Crippen LogP contribution is 2.22. The molecule has 0 N–H and O–H groups in total. The van der Waals surface area contributed by atoms with Crippen molar-refractivity contribution in [1.29, 1.82) is 0 Å². The van der Waals surface area contributed by atoms with Crippen LogP contribution in [-0.2, 0) is 6.42 Å². The Bertz CT molecular complexity index is 248. The molecule has 1 rings (SSSR count). The molecule has 0 spiro atoms. The molecule has 0 aliphatic rings. The van der Waals surface area contributed by atoms with Crippen LogP contribution in [0.4, 0.5) is 0 Å². The molecule has 0 nitrogen and oxygen atoms in total. The molecule has 0 saturated heterocycles. The van der Waals surface area contributed by atoms with Gasteiger partial charge in [-0.15, -0.1) is 0 Å². The van der Waals surface area contributed by atoms with Gasteiger partial charge in [0.05, 0.1) is 10.0 Å². The summed E-state index contributed by atoms with van der Waals surface area (Å²) >= 11 is 14.9. The fourth-order valence-electron chi connectivity index (χ4n) is 0.804. The molecule has 0 atom stereocenters. The van der Waals surface area contributed by atoms with E-state index in [-0.39, 0.29) is 0 Å². The summed E-state index contributed by atoms with van der Waals surface area (Å²) in [6.07, 6.45) is 0.983. The molecule has 0 bridgehead atoms. The van der Waals surface area contributed by atoms with Crippen molar-refractivity contribution in [1.82, 2.24) is 0 Å². The zero-order chi connectivity index (χ0) is 8.27. The highest BCUT2D eigenvalue weighted by atomic mass is 79.9. The lowest BCUT2D eigenvalue weighted by Gasteiger charge is -1.99. The van der Waals surface area contributed by atoms with Crippen molar-refractivity contribution < 1.29 is 0 Å². The second kappa shape index (κ2) is 4.34. The van der Waals surface area contributed by atoms with Crippen molar-refractivity contribution in [3.8, 4) is 0 Å². The summed E-state index contributed by atoms with van der Waals surface area (Å²) in [5.74, 6) is 0. The van der Waals surface area contributed by atoms with Gasteiger partial charge in [0.15, 0.2) is 0 Å². The predicted molar refractivity (Wildman–Crippen MR) is 54.0 cm³/mol. The summed E-state index contributed by atoms with van der Waals surface area (Å²) < 4.78 is 0. The molecule has 60 valence electrons. The summed E-state index contributed by atoms with van der Waals surface area (Å²) in [7, 11) is 0. The van der Waals surface area contributed by atoms with Crippen LogP contribution in [-0.4, -0.2) is 5.33 Å². The summed E-state index contributed by atoms with van der Waals surface area (Å²) in [6, 6.07) is 5.70. The second-order valence-corrected chi connectivity index (χ2v) is 3.79. The first-order valence-electron chi connectivity index (χ1n) is 3.24. The first-order chi connectivity index (χ1) is 5.24. The summed E-state index contributed by atoms with van der Waals surface area (Å²) in [4.78, 5) is 0. The Hall–Kier alpha value is 0.280. The van der Waals surface area contributed by atoms with Gasteiger partial charge in [-0.2, -0.15) is 0 Å². The van der Waals surface area contributed by atoms with Crippen LogP contribution in [0.3, 0.4) is 0 Å². The Morgan fingerprint density at radius 3 is 2.45 bits per heavy atom. The van der Waals surface area contributed by atoms with Crippen LogP contribution in [0, 0.1) is 0 Å². The van der Waals surface area contributed by atoms with Gasteiger partial charge in [-0.1, -0.05) is 45.2 Å². The van der Waals surface area contributed by atoms with Gasteiger partial charge >= 0.3 is 0 Å². The molecular formula is C8H7BrCl2. The van der Waals surface area contributed by atoms with E-state index < -0.39 is 0 Å². The molecule has 11 heavy (non-hydrogen) atoms. The minimum absolute atomic E-state index is 0.616. The third-order valence-electron chi connectivity index (χ3n) is 1.37. The Labute approximate surface area is 84.6 Å². The fraction of sp³-hybridized carbons (Fsp3) is 0.250. The largest absolute Gasteiger partial charge is 0.0924 e. The maximum Gasteiger partial charge on any atom is 0.0595 e. The smallest absolute Gasteiger partial charge is 0.0595 e. The Balaban J connectivity index is 2.86. The highest BCUT2D eigenvalue weighted by molar-refractivity contribution is 9.09. The third kappa shape index (κ3) is 2.66. The molecule has 0 radical (unpaired) electrons. The number of rotatable bonds is 2. The fourth-order valence-corrected chi connectivity index (χ4v) is 1.58. The molecule has 3 heteroatoms. The lowest BCUT2D eigenvalue weighted by atomic mass is 10.2. The number of aryl methyl sites for hydroxylation is 1. The maximum atomic E-state index is 5.80. The van der Waals surface area contributed by atoms with Gasteiger partial charge in [-0.25, -0.2) is 0 Å². The van der Waals surface area contributed by atoms with E-state index in [0.717, 1.165) is 11.8 Å². The first-order valence-corrected chi connectivity index (χ1v) is 5.11. The van der Waals surface area contributed by atoms with Crippen LogP contribution in [0.2, 0.25) is 10.0 Å². The summed E-state index contributed by atoms with van der Waals surface area (Å²) in [6.45, 7) is 0. The molecule has 0 unspecified atom stereocenters. The standard InChI is InChI=1S/C8H7BrCl2/c9-4-3-6-1-2-7(10)8(11)5-6/h1-2,5H,3-4H2. The Morgan fingerprint density at radius 2 is 1.91 bits per heavy atom. The zero-order valence-corrected chi connectivity index (χ0v) is 8.88.